The normalized spacial score (nSPS) is 32.6. The van der Waals surface area contributed by atoms with Gasteiger partial charge in [0, 0.05) is 30.0 Å². The van der Waals surface area contributed by atoms with Crippen molar-refractivity contribution in [3.05, 3.63) is 25.3 Å². The van der Waals surface area contributed by atoms with Crippen molar-refractivity contribution >= 4 is 29.5 Å². The van der Waals surface area contributed by atoms with Crippen molar-refractivity contribution in [2.45, 2.75) is 74.5 Å². The highest BCUT2D eigenvalue weighted by atomic mass is 32.2. The van der Waals surface area contributed by atoms with Crippen molar-refractivity contribution in [3.8, 4) is 0 Å². The lowest BCUT2D eigenvalue weighted by molar-refractivity contribution is -0.154. The van der Waals surface area contributed by atoms with Crippen molar-refractivity contribution < 1.29 is 24.2 Å². The average Bonchev–Trinajstić information content (AvgIpc) is 3.30. The Balaban J connectivity index is 2.06. The number of carbonyl (C=O) groups excluding carboxylic acids is 3. The first kappa shape index (κ1) is 25.8. The minimum atomic E-state index is -0.662. The molecular weight excluding hydrogens is 440 g/mol. The topological polar surface area (TPSA) is 87.1 Å². The molecule has 3 aliphatic heterocycles. The number of ether oxygens (including phenoxy) is 1. The number of nitrogens with zero attached hydrogens (tertiary/aromatic N) is 2. The van der Waals surface area contributed by atoms with Crippen LogP contribution in [0.25, 0.3) is 0 Å². The predicted molar refractivity (Wildman–Crippen MR) is 130 cm³/mol. The third kappa shape index (κ3) is 4.25. The Morgan fingerprint density at radius 2 is 1.97 bits per heavy atom. The van der Waals surface area contributed by atoms with Crippen molar-refractivity contribution in [3.63, 3.8) is 0 Å². The van der Waals surface area contributed by atoms with Crippen LogP contribution in [0.3, 0.4) is 0 Å². The summed E-state index contributed by atoms with van der Waals surface area (Å²) in [6.07, 6.45) is 5.83. The zero-order valence-electron chi connectivity index (χ0n) is 20.3. The molecule has 2 unspecified atom stereocenters. The molecule has 0 aromatic carbocycles. The van der Waals surface area contributed by atoms with Gasteiger partial charge in [-0.05, 0) is 53.4 Å². The Hall–Kier alpha value is -1.80. The van der Waals surface area contributed by atoms with Crippen LogP contribution in [0.4, 0.5) is 0 Å². The van der Waals surface area contributed by atoms with E-state index in [9.17, 15) is 19.5 Å². The van der Waals surface area contributed by atoms with Gasteiger partial charge in [0.25, 0.3) is 0 Å². The number of hydrogen-bond acceptors (Lipinski definition) is 6. The standard InChI is InChI=1S/C25H38N2O5S/c1-7-13-27(23(3,4)5)21(30)19-25-12-11-24(6,33-25)18(22(31)32-16-8-2)17(25)20(29)26(19)14-9-10-15-28/h7-8,17-19,28H,1-2,9-16H2,3-6H3/t17-,18+,19?,24-,25?/m0/s1. The summed E-state index contributed by atoms with van der Waals surface area (Å²) in [5.41, 5.74) is -0.451. The van der Waals surface area contributed by atoms with Crippen molar-refractivity contribution in [2.24, 2.45) is 11.8 Å². The van der Waals surface area contributed by atoms with Gasteiger partial charge in [-0.3, -0.25) is 14.4 Å². The molecule has 3 saturated heterocycles. The Kier molecular flexibility index (Phi) is 7.39. The molecule has 8 heteroatoms. The number of amides is 2. The molecule has 33 heavy (non-hydrogen) atoms. The van der Waals surface area contributed by atoms with Gasteiger partial charge >= 0.3 is 5.97 Å². The quantitative estimate of drug-likeness (QED) is 0.295. The lowest BCUT2D eigenvalue weighted by atomic mass is 9.66. The number of carbonyl (C=O) groups is 3. The van der Waals surface area contributed by atoms with Crippen LogP contribution in [0, 0.1) is 11.8 Å². The van der Waals surface area contributed by atoms with Gasteiger partial charge in [0.1, 0.15) is 12.6 Å². The van der Waals surface area contributed by atoms with Crippen LogP contribution in [0.5, 0.6) is 0 Å². The third-order valence-corrected chi connectivity index (χ3v) is 9.29. The SMILES string of the molecule is C=CCOC(=O)[C@H]1[C@H]2C(=O)N(CCCCO)C(C(=O)N(CC=C)C(C)(C)C)C23CC[C@]1(C)S3. The van der Waals surface area contributed by atoms with Gasteiger partial charge in [0.05, 0.1) is 16.6 Å². The first-order chi connectivity index (χ1) is 15.5. The van der Waals surface area contributed by atoms with Gasteiger partial charge < -0.3 is 19.6 Å². The van der Waals surface area contributed by atoms with E-state index in [-0.39, 0.29) is 31.0 Å². The van der Waals surface area contributed by atoms with Crippen LogP contribution in [-0.4, -0.2) is 80.1 Å². The number of likely N-dealkylation sites (tertiary alicyclic amines) is 1. The summed E-state index contributed by atoms with van der Waals surface area (Å²) in [6, 6.07) is -0.656. The lowest BCUT2D eigenvalue weighted by Crippen LogP contribution is -2.58. The first-order valence-electron chi connectivity index (χ1n) is 11.8. The monoisotopic (exact) mass is 478 g/mol. The molecule has 184 valence electrons. The van der Waals surface area contributed by atoms with E-state index >= 15 is 0 Å². The molecule has 0 radical (unpaired) electrons. The molecule has 0 aromatic heterocycles. The van der Waals surface area contributed by atoms with Gasteiger partial charge in [-0.1, -0.05) is 18.7 Å². The second-order valence-electron chi connectivity index (χ2n) is 10.5. The number of aliphatic hydroxyl groups excluding tert-OH is 1. The highest BCUT2D eigenvalue weighted by molar-refractivity contribution is 8.02. The predicted octanol–water partition coefficient (Wildman–Crippen LogP) is 2.78. The van der Waals surface area contributed by atoms with Crippen molar-refractivity contribution in [1.82, 2.24) is 9.80 Å². The van der Waals surface area contributed by atoms with Crippen LogP contribution in [-0.2, 0) is 19.1 Å². The van der Waals surface area contributed by atoms with Crippen molar-refractivity contribution in [2.75, 3.05) is 26.3 Å². The van der Waals surface area contributed by atoms with Crippen LogP contribution in [0.15, 0.2) is 25.3 Å². The van der Waals surface area contributed by atoms with Gasteiger partial charge in [-0.15, -0.1) is 18.3 Å². The summed E-state index contributed by atoms with van der Waals surface area (Å²) < 4.78 is 4.33. The fourth-order valence-electron chi connectivity index (χ4n) is 5.90. The molecule has 1 N–H and O–H groups in total. The summed E-state index contributed by atoms with van der Waals surface area (Å²) >= 11 is 1.64. The fourth-order valence-corrected chi connectivity index (χ4v) is 8.24. The molecule has 3 aliphatic rings. The number of hydrogen-bond donors (Lipinski definition) is 1. The van der Waals surface area contributed by atoms with E-state index in [0.29, 0.717) is 32.4 Å². The highest BCUT2D eigenvalue weighted by Crippen LogP contribution is 2.71. The lowest BCUT2D eigenvalue weighted by Gasteiger charge is -2.42. The Bertz CT molecular complexity index is 824. The largest absolute Gasteiger partial charge is 0.461 e. The second-order valence-corrected chi connectivity index (χ2v) is 12.4. The summed E-state index contributed by atoms with van der Waals surface area (Å²) in [5.74, 6) is -1.81. The maximum absolute atomic E-state index is 14.1. The van der Waals surface area contributed by atoms with E-state index in [2.05, 4.69) is 13.2 Å². The zero-order valence-corrected chi connectivity index (χ0v) is 21.2. The van der Waals surface area contributed by atoms with E-state index in [1.807, 2.05) is 27.7 Å². The summed E-state index contributed by atoms with van der Waals surface area (Å²) in [5, 5.41) is 9.28. The molecule has 2 amide bonds. The number of esters is 1. The van der Waals surface area contributed by atoms with Gasteiger partial charge in [-0.2, -0.15) is 0 Å². The molecule has 7 nitrogen and oxygen atoms in total. The first-order valence-corrected chi connectivity index (χ1v) is 12.6. The maximum Gasteiger partial charge on any atom is 0.311 e. The van der Waals surface area contributed by atoms with Gasteiger partial charge in [0.2, 0.25) is 11.8 Å². The number of aliphatic hydroxyl groups is 1. The Morgan fingerprint density at radius 3 is 2.55 bits per heavy atom. The van der Waals surface area contributed by atoms with Crippen LogP contribution < -0.4 is 0 Å². The fraction of sp³-hybridized carbons (Fsp3) is 0.720. The van der Waals surface area contributed by atoms with Gasteiger partial charge in [0.15, 0.2) is 0 Å². The Morgan fingerprint density at radius 1 is 1.27 bits per heavy atom. The Labute approximate surface area is 201 Å². The molecule has 1 spiro atoms. The average molecular weight is 479 g/mol. The van der Waals surface area contributed by atoms with E-state index in [1.165, 1.54) is 6.08 Å². The summed E-state index contributed by atoms with van der Waals surface area (Å²) in [4.78, 5) is 44.6. The third-order valence-electron chi connectivity index (χ3n) is 7.30. The molecule has 3 rings (SSSR count). The van der Waals surface area contributed by atoms with E-state index in [1.54, 1.807) is 27.6 Å². The molecule has 0 aromatic rings. The van der Waals surface area contributed by atoms with E-state index < -0.39 is 32.9 Å². The van der Waals surface area contributed by atoms with Gasteiger partial charge in [-0.25, -0.2) is 0 Å². The smallest absolute Gasteiger partial charge is 0.311 e. The number of fused-ring (bicyclic) bond motifs is 1. The van der Waals surface area contributed by atoms with Crippen LogP contribution >= 0.6 is 11.8 Å². The number of rotatable bonds is 10. The summed E-state index contributed by atoms with van der Waals surface area (Å²) in [6.45, 7) is 16.3. The molecular formula is C25H38N2O5S. The van der Waals surface area contributed by atoms with E-state index in [0.717, 1.165) is 6.42 Å². The molecule has 2 bridgehead atoms. The molecule has 0 saturated carbocycles. The summed E-state index contributed by atoms with van der Waals surface area (Å²) in [7, 11) is 0. The molecule has 3 fully saturated rings. The van der Waals surface area contributed by atoms with E-state index in [4.69, 9.17) is 4.74 Å². The molecule has 5 atom stereocenters. The van der Waals surface area contributed by atoms with Crippen molar-refractivity contribution in [1.29, 1.82) is 0 Å². The van der Waals surface area contributed by atoms with Crippen LogP contribution in [0.2, 0.25) is 0 Å². The van der Waals surface area contributed by atoms with Crippen LogP contribution in [0.1, 0.15) is 53.4 Å². The highest BCUT2D eigenvalue weighted by Gasteiger charge is 2.77. The number of thioether (sulfide) groups is 1. The second kappa shape index (κ2) is 9.45. The number of unbranched alkanes of at least 4 members (excludes halogenated alkanes) is 1. The maximum atomic E-state index is 14.1. The molecule has 3 heterocycles. The minimum absolute atomic E-state index is 0.0309. The zero-order chi connectivity index (χ0) is 24.6. The minimum Gasteiger partial charge on any atom is -0.461 e. The molecule has 0 aliphatic carbocycles.